The number of aryl methyl sites for hydroxylation is 2. The Bertz CT molecular complexity index is 982. The fourth-order valence-electron chi connectivity index (χ4n) is 2.52. The number of urea groups is 1. The lowest BCUT2D eigenvalue weighted by molar-refractivity contribution is 0.262. The molecule has 5 nitrogen and oxygen atoms in total. The van der Waals surface area contributed by atoms with Crippen molar-refractivity contribution in [1.82, 2.24) is 0 Å². The Morgan fingerprint density at radius 3 is 2.18 bits per heavy atom. The van der Waals surface area contributed by atoms with Crippen LogP contribution in [0.4, 0.5) is 27.5 Å². The average Bonchev–Trinajstić information content (AvgIpc) is 2.69. The van der Waals surface area contributed by atoms with Crippen molar-refractivity contribution >= 4 is 40.5 Å². The van der Waals surface area contributed by atoms with Crippen molar-refractivity contribution in [3.8, 4) is 0 Å². The van der Waals surface area contributed by atoms with Gasteiger partial charge in [-0.3, -0.25) is 0 Å². The SMILES string of the molecule is CSc1ccc(NC(=O)Nc2cc(C)ccc2N=Nc2ccc(C)cc2)cc1. The molecule has 2 amide bonds. The number of nitrogens with one attached hydrogen (secondary N) is 2. The molecule has 2 N–H and O–H groups in total. The van der Waals surface area contributed by atoms with E-state index in [0.717, 1.165) is 21.8 Å². The van der Waals surface area contributed by atoms with E-state index in [1.54, 1.807) is 11.8 Å². The van der Waals surface area contributed by atoms with Gasteiger partial charge in [-0.15, -0.1) is 16.9 Å². The second kappa shape index (κ2) is 9.19. The first kappa shape index (κ1) is 19.6. The molecule has 0 unspecified atom stereocenters. The Morgan fingerprint density at radius 1 is 0.821 bits per heavy atom. The minimum atomic E-state index is -0.325. The molecule has 3 aromatic rings. The predicted octanol–water partition coefficient (Wildman–Crippen LogP) is 7.08. The van der Waals surface area contributed by atoms with Crippen molar-refractivity contribution in [2.24, 2.45) is 10.2 Å². The summed E-state index contributed by atoms with van der Waals surface area (Å²) in [6, 6.07) is 20.8. The molecule has 28 heavy (non-hydrogen) atoms. The molecule has 0 heterocycles. The Kier molecular flexibility index (Phi) is 6.45. The van der Waals surface area contributed by atoms with Crippen molar-refractivity contribution in [3.05, 3.63) is 77.9 Å². The van der Waals surface area contributed by atoms with Crippen LogP contribution >= 0.6 is 11.8 Å². The van der Waals surface area contributed by atoms with Crippen LogP contribution in [0, 0.1) is 13.8 Å². The van der Waals surface area contributed by atoms with Crippen LogP contribution in [-0.4, -0.2) is 12.3 Å². The number of nitrogens with zero attached hydrogens (tertiary/aromatic N) is 2. The number of azo groups is 1. The average molecular weight is 391 g/mol. The monoisotopic (exact) mass is 390 g/mol. The summed E-state index contributed by atoms with van der Waals surface area (Å²) in [5, 5.41) is 14.3. The molecule has 0 fully saturated rings. The van der Waals surface area contributed by atoms with Crippen molar-refractivity contribution < 1.29 is 4.79 Å². The minimum Gasteiger partial charge on any atom is -0.308 e. The zero-order valence-electron chi connectivity index (χ0n) is 16.1. The summed E-state index contributed by atoms with van der Waals surface area (Å²) in [5.74, 6) is 0. The zero-order chi connectivity index (χ0) is 19.9. The van der Waals surface area contributed by atoms with Gasteiger partial charge in [-0.1, -0.05) is 23.8 Å². The number of rotatable bonds is 5. The molecular weight excluding hydrogens is 368 g/mol. The van der Waals surface area contributed by atoms with Gasteiger partial charge in [-0.25, -0.2) is 4.79 Å². The molecular formula is C22H22N4OS. The zero-order valence-corrected chi connectivity index (χ0v) is 16.9. The standard InChI is InChI=1S/C22H22N4OS/c1-15-4-7-18(8-5-15)25-26-20-13-6-16(2)14-21(20)24-22(27)23-17-9-11-19(28-3)12-10-17/h4-14H,1-3H3,(H2,23,24,27). The molecule has 3 aromatic carbocycles. The van der Waals surface area contributed by atoms with E-state index in [2.05, 4.69) is 20.9 Å². The van der Waals surface area contributed by atoms with Crippen LogP contribution in [0.1, 0.15) is 11.1 Å². The van der Waals surface area contributed by atoms with Crippen LogP contribution in [-0.2, 0) is 0 Å². The van der Waals surface area contributed by atoms with E-state index in [4.69, 9.17) is 0 Å². The minimum absolute atomic E-state index is 0.325. The summed E-state index contributed by atoms with van der Waals surface area (Å²) in [4.78, 5) is 13.6. The molecule has 6 heteroatoms. The second-order valence-corrected chi connectivity index (χ2v) is 7.24. The van der Waals surface area contributed by atoms with Gasteiger partial charge in [0.25, 0.3) is 0 Å². The number of hydrogen-bond donors (Lipinski definition) is 2. The Morgan fingerprint density at radius 2 is 1.50 bits per heavy atom. The molecule has 0 aliphatic rings. The van der Waals surface area contributed by atoms with Gasteiger partial charge in [0.15, 0.2) is 0 Å². The normalized spacial score (nSPS) is 10.8. The Hall–Kier alpha value is -3.12. The topological polar surface area (TPSA) is 65.8 Å². The van der Waals surface area contributed by atoms with E-state index in [1.807, 2.05) is 86.8 Å². The van der Waals surface area contributed by atoms with Crippen molar-refractivity contribution in [2.45, 2.75) is 18.7 Å². The predicted molar refractivity (Wildman–Crippen MR) is 117 cm³/mol. The fraction of sp³-hybridized carbons (Fsp3) is 0.136. The lowest BCUT2D eigenvalue weighted by Gasteiger charge is -2.10. The molecule has 0 saturated heterocycles. The third-order valence-corrected chi connectivity index (χ3v) is 4.80. The first-order valence-corrected chi connectivity index (χ1v) is 10.1. The number of hydrogen-bond acceptors (Lipinski definition) is 4. The van der Waals surface area contributed by atoms with Gasteiger partial charge in [-0.05, 0) is 74.2 Å². The van der Waals surface area contributed by atoms with E-state index in [0.29, 0.717) is 11.4 Å². The summed E-state index contributed by atoms with van der Waals surface area (Å²) in [6.07, 6.45) is 2.01. The van der Waals surface area contributed by atoms with Crippen molar-refractivity contribution in [1.29, 1.82) is 0 Å². The quantitative estimate of drug-likeness (QED) is 0.361. The van der Waals surface area contributed by atoms with E-state index >= 15 is 0 Å². The first-order valence-electron chi connectivity index (χ1n) is 8.84. The molecule has 3 rings (SSSR count). The van der Waals surface area contributed by atoms with Gasteiger partial charge < -0.3 is 10.6 Å². The number of amides is 2. The maximum atomic E-state index is 12.4. The highest BCUT2D eigenvalue weighted by atomic mass is 32.2. The maximum Gasteiger partial charge on any atom is 0.323 e. The lowest BCUT2D eigenvalue weighted by atomic mass is 10.2. The smallest absolute Gasteiger partial charge is 0.308 e. The highest BCUT2D eigenvalue weighted by molar-refractivity contribution is 7.98. The molecule has 0 spiro atoms. The third kappa shape index (κ3) is 5.44. The third-order valence-electron chi connectivity index (χ3n) is 4.06. The Balaban J connectivity index is 1.74. The summed E-state index contributed by atoms with van der Waals surface area (Å²) in [7, 11) is 0. The molecule has 142 valence electrons. The van der Waals surface area contributed by atoms with Crippen molar-refractivity contribution in [3.63, 3.8) is 0 Å². The van der Waals surface area contributed by atoms with Crippen LogP contribution in [0.5, 0.6) is 0 Å². The molecule has 0 bridgehead atoms. The van der Waals surface area contributed by atoms with Gasteiger partial charge in [0.1, 0.15) is 5.69 Å². The molecule has 0 aliphatic carbocycles. The highest BCUT2D eigenvalue weighted by Crippen LogP contribution is 2.28. The van der Waals surface area contributed by atoms with E-state index in [9.17, 15) is 4.79 Å². The molecule has 0 atom stereocenters. The number of thioether (sulfide) groups is 1. The number of carbonyl (C=O) groups excluding carboxylic acids is 1. The molecule has 0 radical (unpaired) electrons. The van der Waals surface area contributed by atoms with Crippen LogP contribution in [0.15, 0.2) is 81.9 Å². The summed E-state index contributed by atoms with van der Waals surface area (Å²) in [5.41, 5.74) is 4.88. The van der Waals surface area contributed by atoms with Crippen LogP contribution in [0.25, 0.3) is 0 Å². The molecule has 0 aromatic heterocycles. The van der Waals surface area contributed by atoms with Crippen LogP contribution < -0.4 is 10.6 Å². The van der Waals surface area contributed by atoms with E-state index in [1.165, 1.54) is 5.56 Å². The summed E-state index contributed by atoms with van der Waals surface area (Å²) < 4.78 is 0. The number of anilines is 2. The Labute approximate surface area is 169 Å². The summed E-state index contributed by atoms with van der Waals surface area (Å²) in [6.45, 7) is 3.99. The van der Waals surface area contributed by atoms with E-state index in [-0.39, 0.29) is 6.03 Å². The number of benzene rings is 3. The highest BCUT2D eigenvalue weighted by Gasteiger charge is 2.08. The molecule has 0 aliphatic heterocycles. The van der Waals surface area contributed by atoms with Gasteiger partial charge in [0.05, 0.1) is 11.4 Å². The molecule has 0 saturated carbocycles. The van der Waals surface area contributed by atoms with Gasteiger partial charge >= 0.3 is 6.03 Å². The number of carbonyl (C=O) groups is 1. The van der Waals surface area contributed by atoms with Gasteiger partial charge in [0.2, 0.25) is 0 Å². The maximum absolute atomic E-state index is 12.4. The first-order chi connectivity index (χ1) is 13.5. The van der Waals surface area contributed by atoms with Crippen molar-refractivity contribution in [2.75, 3.05) is 16.9 Å². The van der Waals surface area contributed by atoms with Gasteiger partial charge in [-0.2, -0.15) is 5.11 Å². The van der Waals surface area contributed by atoms with Crippen LogP contribution in [0.2, 0.25) is 0 Å². The summed E-state index contributed by atoms with van der Waals surface area (Å²) >= 11 is 1.66. The second-order valence-electron chi connectivity index (χ2n) is 6.36. The fourth-order valence-corrected chi connectivity index (χ4v) is 2.93. The van der Waals surface area contributed by atoms with Crippen LogP contribution in [0.3, 0.4) is 0 Å². The largest absolute Gasteiger partial charge is 0.323 e. The van der Waals surface area contributed by atoms with Gasteiger partial charge in [0, 0.05) is 10.6 Å². The lowest BCUT2D eigenvalue weighted by Crippen LogP contribution is -2.19. The van der Waals surface area contributed by atoms with E-state index < -0.39 is 0 Å².